The van der Waals surface area contributed by atoms with Gasteiger partial charge in [0.2, 0.25) is 0 Å². The van der Waals surface area contributed by atoms with Crippen LogP contribution in [-0.4, -0.2) is 17.6 Å². The predicted octanol–water partition coefficient (Wildman–Crippen LogP) is 3.34. The zero-order valence-electron chi connectivity index (χ0n) is 12.3. The van der Waals surface area contributed by atoms with Crippen molar-refractivity contribution in [3.05, 3.63) is 24.0 Å². The third kappa shape index (κ3) is 3.69. The molecule has 0 spiro atoms. The van der Waals surface area contributed by atoms with Gasteiger partial charge >= 0.3 is 0 Å². The fourth-order valence-corrected chi connectivity index (χ4v) is 2.97. The number of hydrogen-bond acceptors (Lipinski definition) is 3. The summed E-state index contributed by atoms with van der Waals surface area (Å²) in [4.78, 5) is 6.81. The standard InChI is InChI=1S/C16H27N3/c1-13(2)8-10-19(15-5-3-4-6-15)16-7-9-18-12-14(16)11-17/h7,9,12-13,15H,3-6,8,10-11,17H2,1-2H3. The zero-order valence-corrected chi connectivity index (χ0v) is 12.3. The third-order valence-corrected chi connectivity index (χ3v) is 4.12. The Balaban J connectivity index is 2.19. The largest absolute Gasteiger partial charge is 0.368 e. The first-order chi connectivity index (χ1) is 9.22. The van der Waals surface area contributed by atoms with E-state index in [2.05, 4.69) is 29.8 Å². The van der Waals surface area contributed by atoms with Crippen LogP contribution in [-0.2, 0) is 6.54 Å². The molecule has 1 fully saturated rings. The minimum absolute atomic E-state index is 0.577. The smallest absolute Gasteiger partial charge is 0.0445 e. The van der Waals surface area contributed by atoms with E-state index in [1.54, 1.807) is 0 Å². The van der Waals surface area contributed by atoms with Crippen LogP contribution in [0.25, 0.3) is 0 Å². The Morgan fingerprint density at radius 2 is 2.11 bits per heavy atom. The molecule has 19 heavy (non-hydrogen) atoms. The zero-order chi connectivity index (χ0) is 13.7. The molecule has 0 amide bonds. The van der Waals surface area contributed by atoms with Crippen LogP contribution in [0.4, 0.5) is 5.69 Å². The minimum Gasteiger partial charge on any atom is -0.368 e. The molecule has 1 aromatic heterocycles. The van der Waals surface area contributed by atoms with Crippen molar-refractivity contribution in [1.29, 1.82) is 0 Å². The molecule has 2 N–H and O–H groups in total. The predicted molar refractivity (Wildman–Crippen MR) is 81.2 cm³/mol. The highest BCUT2D eigenvalue weighted by atomic mass is 15.2. The molecule has 0 radical (unpaired) electrons. The normalized spacial score (nSPS) is 16.2. The summed E-state index contributed by atoms with van der Waals surface area (Å²) in [7, 11) is 0. The first-order valence-electron chi connectivity index (χ1n) is 7.62. The maximum absolute atomic E-state index is 5.88. The van der Waals surface area contributed by atoms with Gasteiger partial charge in [-0.05, 0) is 31.2 Å². The number of nitrogens with two attached hydrogens (primary N) is 1. The monoisotopic (exact) mass is 261 g/mol. The van der Waals surface area contributed by atoms with Gasteiger partial charge in [0.25, 0.3) is 0 Å². The van der Waals surface area contributed by atoms with E-state index in [4.69, 9.17) is 5.73 Å². The molecule has 3 heteroatoms. The second-order valence-electron chi connectivity index (χ2n) is 6.02. The summed E-state index contributed by atoms with van der Waals surface area (Å²) in [6.07, 6.45) is 10.4. The van der Waals surface area contributed by atoms with Gasteiger partial charge in [-0.1, -0.05) is 26.7 Å². The molecular formula is C16H27N3. The van der Waals surface area contributed by atoms with Gasteiger partial charge in [-0.2, -0.15) is 0 Å². The second-order valence-corrected chi connectivity index (χ2v) is 6.02. The summed E-state index contributed by atoms with van der Waals surface area (Å²) >= 11 is 0. The molecule has 1 aliphatic carbocycles. The van der Waals surface area contributed by atoms with Crippen LogP contribution in [0.3, 0.4) is 0 Å². The molecule has 1 aliphatic rings. The molecule has 0 saturated heterocycles. The van der Waals surface area contributed by atoms with Crippen molar-refractivity contribution in [3.63, 3.8) is 0 Å². The average Bonchev–Trinajstić information content (AvgIpc) is 2.93. The van der Waals surface area contributed by atoms with Crippen molar-refractivity contribution >= 4 is 5.69 Å². The molecule has 2 rings (SSSR count). The van der Waals surface area contributed by atoms with Crippen molar-refractivity contribution in [2.75, 3.05) is 11.4 Å². The molecule has 0 aromatic carbocycles. The Labute approximate surface area is 117 Å². The Hall–Kier alpha value is -1.09. The summed E-state index contributed by atoms with van der Waals surface area (Å²) in [5.74, 6) is 0.743. The van der Waals surface area contributed by atoms with E-state index in [1.807, 2.05) is 12.4 Å². The van der Waals surface area contributed by atoms with E-state index in [-0.39, 0.29) is 0 Å². The van der Waals surface area contributed by atoms with Crippen LogP contribution in [0.15, 0.2) is 18.5 Å². The van der Waals surface area contributed by atoms with Crippen molar-refractivity contribution < 1.29 is 0 Å². The Morgan fingerprint density at radius 3 is 2.74 bits per heavy atom. The summed E-state index contributed by atoms with van der Waals surface area (Å²) in [6.45, 7) is 6.31. The molecular weight excluding hydrogens is 234 g/mol. The van der Waals surface area contributed by atoms with Crippen molar-refractivity contribution in [2.24, 2.45) is 11.7 Å². The van der Waals surface area contributed by atoms with Gasteiger partial charge in [0.15, 0.2) is 0 Å². The van der Waals surface area contributed by atoms with E-state index < -0.39 is 0 Å². The van der Waals surface area contributed by atoms with Crippen LogP contribution in [0, 0.1) is 5.92 Å². The Morgan fingerprint density at radius 1 is 1.37 bits per heavy atom. The number of pyridine rings is 1. The summed E-state index contributed by atoms with van der Waals surface area (Å²) in [6, 6.07) is 2.84. The highest BCUT2D eigenvalue weighted by Crippen LogP contribution is 2.30. The van der Waals surface area contributed by atoms with Gasteiger partial charge in [0, 0.05) is 42.8 Å². The molecule has 0 atom stereocenters. The topological polar surface area (TPSA) is 42.2 Å². The van der Waals surface area contributed by atoms with Crippen LogP contribution >= 0.6 is 0 Å². The van der Waals surface area contributed by atoms with Crippen LogP contribution < -0.4 is 10.6 Å². The van der Waals surface area contributed by atoms with Gasteiger partial charge in [0.1, 0.15) is 0 Å². The van der Waals surface area contributed by atoms with Crippen molar-refractivity contribution in [1.82, 2.24) is 4.98 Å². The first-order valence-corrected chi connectivity index (χ1v) is 7.62. The van der Waals surface area contributed by atoms with Crippen molar-refractivity contribution in [2.45, 2.75) is 58.5 Å². The van der Waals surface area contributed by atoms with E-state index in [0.29, 0.717) is 12.6 Å². The van der Waals surface area contributed by atoms with E-state index in [9.17, 15) is 0 Å². The van der Waals surface area contributed by atoms with Gasteiger partial charge < -0.3 is 10.6 Å². The quantitative estimate of drug-likeness (QED) is 0.854. The number of hydrogen-bond donors (Lipinski definition) is 1. The summed E-state index contributed by atoms with van der Waals surface area (Å²) in [5, 5.41) is 0. The van der Waals surface area contributed by atoms with Gasteiger partial charge in [-0.15, -0.1) is 0 Å². The molecule has 0 aliphatic heterocycles. The highest BCUT2D eigenvalue weighted by molar-refractivity contribution is 5.53. The van der Waals surface area contributed by atoms with E-state index in [0.717, 1.165) is 12.5 Å². The van der Waals surface area contributed by atoms with Crippen molar-refractivity contribution in [3.8, 4) is 0 Å². The van der Waals surface area contributed by atoms with Gasteiger partial charge in [-0.25, -0.2) is 0 Å². The van der Waals surface area contributed by atoms with Gasteiger partial charge in [-0.3, -0.25) is 4.98 Å². The summed E-state index contributed by atoms with van der Waals surface area (Å²) in [5.41, 5.74) is 8.37. The molecule has 3 nitrogen and oxygen atoms in total. The minimum atomic E-state index is 0.577. The molecule has 0 unspecified atom stereocenters. The maximum Gasteiger partial charge on any atom is 0.0445 e. The number of nitrogens with zero attached hydrogens (tertiary/aromatic N) is 2. The highest BCUT2D eigenvalue weighted by Gasteiger charge is 2.24. The maximum atomic E-state index is 5.88. The first kappa shape index (κ1) is 14.3. The molecule has 0 bridgehead atoms. The fourth-order valence-electron chi connectivity index (χ4n) is 2.97. The second kappa shape index (κ2) is 6.90. The van der Waals surface area contributed by atoms with Crippen LogP contribution in [0.5, 0.6) is 0 Å². The fraction of sp³-hybridized carbons (Fsp3) is 0.688. The average molecular weight is 261 g/mol. The number of anilines is 1. The number of rotatable bonds is 6. The van der Waals surface area contributed by atoms with E-state index >= 15 is 0 Å². The lowest BCUT2D eigenvalue weighted by Gasteiger charge is -2.33. The van der Waals surface area contributed by atoms with Crippen LogP contribution in [0.2, 0.25) is 0 Å². The molecule has 106 valence electrons. The Bertz CT molecular complexity index is 383. The van der Waals surface area contributed by atoms with E-state index in [1.165, 1.54) is 43.4 Å². The van der Waals surface area contributed by atoms with Crippen LogP contribution in [0.1, 0.15) is 51.5 Å². The lowest BCUT2D eigenvalue weighted by atomic mass is 10.1. The molecule has 1 heterocycles. The summed E-state index contributed by atoms with van der Waals surface area (Å²) < 4.78 is 0. The number of aromatic nitrogens is 1. The SMILES string of the molecule is CC(C)CCN(c1ccncc1CN)C1CCCC1. The molecule has 1 saturated carbocycles. The third-order valence-electron chi connectivity index (χ3n) is 4.12. The Kier molecular flexibility index (Phi) is 5.20. The molecule has 1 aromatic rings. The lowest BCUT2D eigenvalue weighted by Crippen LogP contribution is -2.35. The van der Waals surface area contributed by atoms with Gasteiger partial charge in [0.05, 0.1) is 0 Å². The lowest BCUT2D eigenvalue weighted by molar-refractivity contribution is 0.527.